The molecule has 3 rings (SSSR count). The van der Waals surface area contributed by atoms with Gasteiger partial charge in [0.25, 0.3) is 0 Å². The van der Waals surface area contributed by atoms with E-state index in [1.165, 1.54) is 11.3 Å². The zero-order valence-corrected chi connectivity index (χ0v) is 15.4. The van der Waals surface area contributed by atoms with Crippen LogP contribution in [0.4, 0.5) is 11.4 Å². The Hall–Kier alpha value is -2.29. The Kier molecular flexibility index (Phi) is 6.12. The topological polar surface area (TPSA) is 117 Å². The summed E-state index contributed by atoms with van der Waals surface area (Å²) in [7, 11) is -2.61. The number of azo groups is 1. The summed E-state index contributed by atoms with van der Waals surface area (Å²) < 4.78 is 32.7. The minimum Gasteiger partial charge on any atom is -0.346 e. The Balaban J connectivity index is 0.000000431. The highest BCUT2D eigenvalue weighted by Crippen LogP contribution is 2.46. The first-order chi connectivity index (χ1) is 12.1. The van der Waals surface area contributed by atoms with Crippen LogP contribution in [0.3, 0.4) is 0 Å². The van der Waals surface area contributed by atoms with Crippen LogP contribution < -0.4 is 18.9 Å². The van der Waals surface area contributed by atoms with Crippen molar-refractivity contribution in [3.63, 3.8) is 0 Å². The summed E-state index contributed by atoms with van der Waals surface area (Å²) in [5, 5.41) is 8.53. The lowest BCUT2D eigenvalue weighted by Crippen LogP contribution is -2.58. The SMILES string of the molecule is CN1/C(=C\N=Nc2ccccc2)C(C)(C)c2ccccc21.[O-][Cl+3]([O-])([O-])O. The Bertz CT molecular complexity index is 796. The fourth-order valence-electron chi connectivity index (χ4n) is 2.87. The van der Waals surface area contributed by atoms with Gasteiger partial charge in [-0.25, -0.2) is 0 Å². The van der Waals surface area contributed by atoms with Gasteiger partial charge in [0.05, 0.1) is 26.8 Å². The van der Waals surface area contributed by atoms with Crippen molar-refractivity contribution in [2.45, 2.75) is 19.3 Å². The third-order valence-corrected chi connectivity index (χ3v) is 4.05. The van der Waals surface area contributed by atoms with Gasteiger partial charge in [0.2, 0.25) is 0 Å². The predicted molar refractivity (Wildman–Crippen MR) is 89.1 cm³/mol. The van der Waals surface area contributed by atoms with Gasteiger partial charge in [0.15, 0.2) is 0 Å². The quantitative estimate of drug-likeness (QED) is 0.780. The smallest absolute Gasteiger partial charge is 0.0856 e. The molecule has 0 bridgehead atoms. The summed E-state index contributed by atoms with van der Waals surface area (Å²) in [5.41, 5.74) is 4.53. The van der Waals surface area contributed by atoms with Gasteiger partial charge in [-0.2, -0.15) is 24.2 Å². The first-order valence-corrected chi connectivity index (χ1v) is 9.00. The van der Waals surface area contributed by atoms with Crippen LogP contribution in [0.2, 0.25) is 0 Å². The van der Waals surface area contributed by atoms with Crippen molar-refractivity contribution in [3.8, 4) is 0 Å². The molecule has 8 heteroatoms. The number of nitrogens with zero attached hydrogens (tertiary/aromatic N) is 3. The second-order valence-corrected chi connectivity index (χ2v) is 6.95. The molecule has 1 aliphatic rings. The van der Waals surface area contributed by atoms with Crippen molar-refractivity contribution >= 4 is 11.4 Å². The molecule has 0 amide bonds. The Labute approximate surface area is 154 Å². The number of hydrogen-bond donors (Lipinski definition) is 1. The monoisotopic (exact) mass is 377 g/mol. The average Bonchev–Trinajstić information content (AvgIpc) is 2.75. The summed E-state index contributed by atoms with van der Waals surface area (Å²) in [6.07, 6.45) is 1.87. The van der Waals surface area contributed by atoms with E-state index in [4.69, 9.17) is 18.6 Å². The highest BCUT2D eigenvalue weighted by molar-refractivity contribution is 5.69. The minimum absolute atomic E-state index is 0.0545. The summed E-state index contributed by atoms with van der Waals surface area (Å²) >= 11 is 0. The first-order valence-electron chi connectivity index (χ1n) is 7.73. The average molecular weight is 378 g/mol. The molecule has 0 saturated heterocycles. The Morgan fingerprint density at radius 3 is 2.12 bits per heavy atom. The summed E-state index contributed by atoms with van der Waals surface area (Å²) in [6, 6.07) is 18.3. The van der Waals surface area contributed by atoms with Crippen LogP contribution in [0.5, 0.6) is 0 Å². The standard InChI is InChI=1S/C18H19N3.ClHO4/c1-18(2)15-11-7-8-12-16(15)21(3)17(18)13-19-20-14-9-5-4-6-10-14;2-1(3,4)5/h4-13H,1-3H3;(H,2,3,4,5)/b17-13-,20-19?;. The van der Waals surface area contributed by atoms with E-state index in [2.05, 4.69) is 60.3 Å². The molecule has 1 N–H and O–H groups in total. The van der Waals surface area contributed by atoms with Gasteiger partial charge < -0.3 is 4.90 Å². The number of para-hydroxylation sites is 1. The fourth-order valence-corrected chi connectivity index (χ4v) is 2.87. The van der Waals surface area contributed by atoms with Crippen molar-refractivity contribution in [1.82, 2.24) is 0 Å². The number of fused-ring (bicyclic) bond motifs is 1. The normalized spacial score (nSPS) is 17.2. The van der Waals surface area contributed by atoms with Gasteiger partial charge in [-0.15, -0.1) is 0 Å². The van der Waals surface area contributed by atoms with E-state index in [1.807, 2.05) is 36.5 Å². The second-order valence-electron chi connectivity index (χ2n) is 6.16. The second kappa shape index (κ2) is 7.94. The van der Waals surface area contributed by atoms with Crippen molar-refractivity contribution in [3.05, 3.63) is 72.1 Å². The number of hydrogen-bond acceptors (Lipinski definition) is 7. The highest BCUT2D eigenvalue weighted by atomic mass is 35.7. The molecule has 0 atom stereocenters. The summed E-state index contributed by atoms with van der Waals surface area (Å²) in [4.78, 5) is 2.19. The highest BCUT2D eigenvalue weighted by Gasteiger charge is 2.38. The van der Waals surface area contributed by atoms with Crippen LogP contribution in [0, 0.1) is 10.2 Å². The molecule has 26 heavy (non-hydrogen) atoms. The van der Waals surface area contributed by atoms with Gasteiger partial charge in [0.1, 0.15) is 0 Å². The lowest BCUT2D eigenvalue weighted by atomic mass is 9.84. The molecule has 2 aromatic carbocycles. The van der Waals surface area contributed by atoms with Gasteiger partial charge in [-0.3, -0.25) is 0 Å². The van der Waals surface area contributed by atoms with Gasteiger partial charge in [-0.1, -0.05) is 50.2 Å². The van der Waals surface area contributed by atoms with E-state index < -0.39 is 10.2 Å². The lowest BCUT2D eigenvalue weighted by Gasteiger charge is -2.22. The van der Waals surface area contributed by atoms with Crippen molar-refractivity contribution < 1.29 is 28.9 Å². The maximum atomic E-state index is 8.60. The molecule has 1 aliphatic heterocycles. The zero-order valence-electron chi connectivity index (χ0n) is 14.7. The van der Waals surface area contributed by atoms with E-state index in [0.717, 1.165) is 11.4 Å². The zero-order chi connectivity index (χ0) is 19.4. The lowest BCUT2D eigenvalue weighted by molar-refractivity contribution is -1.92. The van der Waals surface area contributed by atoms with Gasteiger partial charge in [-0.05, 0) is 23.8 Å². The van der Waals surface area contributed by atoms with E-state index in [9.17, 15) is 0 Å². The van der Waals surface area contributed by atoms with Crippen molar-refractivity contribution in [1.29, 1.82) is 0 Å². The first kappa shape index (κ1) is 20.0. The molecule has 1 heterocycles. The molecule has 0 radical (unpaired) electrons. The van der Waals surface area contributed by atoms with Crippen LogP contribution in [-0.2, 0) is 5.41 Å². The van der Waals surface area contributed by atoms with E-state index in [0.29, 0.717) is 0 Å². The Morgan fingerprint density at radius 1 is 1.00 bits per heavy atom. The van der Waals surface area contributed by atoms with E-state index in [-0.39, 0.29) is 5.41 Å². The van der Waals surface area contributed by atoms with Crippen LogP contribution in [-0.4, -0.2) is 11.7 Å². The summed E-state index contributed by atoms with van der Waals surface area (Å²) in [5.74, 6) is 0. The summed E-state index contributed by atoms with van der Waals surface area (Å²) in [6.45, 7) is 4.44. The van der Waals surface area contributed by atoms with E-state index >= 15 is 0 Å². The van der Waals surface area contributed by atoms with E-state index in [1.54, 1.807) is 0 Å². The van der Waals surface area contributed by atoms with Crippen LogP contribution in [0.15, 0.2) is 76.7 Å². The van der Waals surface area contributed by atoms with Gasteiger partial charge >= 0.3 is 0 Å². The number of benzene rings is 2. The molecular formula is C18H20ClN3O4. The maximum Gasteiger partial charge on any atom is 0.0856 e. The largest absolute Gasteiger partial charge is 0.346 e. The molecular weight excluding hydrogens is 358 g/mol. The predicted octanol–water partition coefficient (Wildman–Crippen LogP) is 0.915. The molecule has 7 nitrogen and oxygen atoms in total. The molecule has 0 fully saturated rings. The molecule has 0 spiro atoms. The van der Waals surface area contributed by atoms with Crippen LogP contribution >= 0.6 is 0 Å². The number of anilines is 1. The maximum absolute atomic E-state index is 8.60. The number of allylic oxidation sites excluding steroid dienone is 1. The molecule has 2 aromatic rings. The molecule has 0 aliphatic carbocycles. The van der Waals surface area contributed by atoms with Crippen LogP contribution in [0.25, 0.3) is 0 Å². The Morgan fingerprint density at radius 2 is 1.54 bits per heavy atom. The van der Waals surface area contributed by atoms with Crippen molar-refractivity contribution in [2.24, 2.45) is 10.2 Å². The number of rotatable bonds is 2. The molecule has 0 saturated carbocycles. The molecule has 0 aromatic heterocycles. The number of likely N-dealkylation sites (N-methyl/N-ethyl adjacent to an activating group) is 1. The van der Waals surface area contributed by atoms with Crippen LogP contribution in [0.1, 0.15) is 19.4 Å². The van der Waals surface area contributed by atoms with Gasteiger partial charge in [0, 0.05) is 23.8 Å². The van der Waals surface area contributed by atoms with Crippen molar-refractivity contribution in [2.75, 3.05) is 11.9 Å². The third-order valence-electron chi connectivity index (χ3n) is 4.05. The number of halogens is 1. The third kappa shape index (κ3) is 5.10. The minimum atomic E-state index is -4.69. The molecule has 0 unspecified atom stereocenters. The fraction of sp³-hybridized carbons (Fsp3) is 0.222. The molecule has 138 valence electrons.